The standard InChI is InChI=1S/C54H64N12O8S2/c1-32-42(61-53(72)74-39-9-7-6-8-10-39)21-37(25-55-32)36-15-16-41-44(22-36)76-52(60-41)63-45(68)29-64-17-19-65(20-18-64)51-57-26-40(27-58-51)73-30-46(69)62-48(54(3,4)5)50(71)66-28-38(67)23-43(66)49(70)56-24-34-11-13-35(14-12-34)47-33(2)59-31-75-47/h11-16,21-22,25-27,31,38-39,43,48,67H,6-10,17-20,23-24,28-30H2,1-5H3,(H,56,70)(H,61,72)(H,62,69)(H,60,63,68)/t38-,43+,48-/m1/s1. The fourth-order valence-corrected chi connectivity index (χ4v) is 11.3. The number of aliphatic hydroxyl groups excluding tert-OH is 1. The maximum absolute atomic E-state index is 14.1. The molecule has 3 fully saturated rings. The summed E-state index contributed by atoms with van der Waals surface area (Å²) in [5.74, 6) is -0.862. The Labute approximate surface area is 449 Å². The first kappa shape index (κ1) is 53.7. The minimum Gasteiger partial charge on any atom is -0.481 e. The van der Waals surface area contributed by atoms with Gasteiger partial charge in [-0.3, -0.25) is 34.4 Å². The number of β-amino-alcohol motifs (C(OH)–C–C–N with tert-alkyl or cyclic N) is 1. The van der Waals surface area contributed by atoms with Gasteiger partial charge in [-0.05, 0) is 79.8 Å². The van der Waals surface area contributed by atoms with Gasteiger partial charge in [0, 0.05) is 57.4 Å². The molecule has 400 valence electrons. The summed E-state index contributed by atoms with van der Waals surface area (Å²) < 4.78 is 12.3. The second kappa shape index (κ2) is 23.8. The summed E-state index contributed by atoms with van der Waals surface area (Å²) in [6, 6.07) is 13.6. The molecule has 0 bridgehead atoms. The van der Waals surface area contributed by atoms with E-state index in [-0.39, 0.29) is 43.8 Å². The molecule has 3 aliphatic rings. The van der Waals surface area contributed by atoms with Crippen LogP contribution in [-0.2, 0) is 30.5 Å². The number of nitrogens with zero attached hydrogens (tertiary/aromatic N) is 8. The van der Waals surface area contributed by atoms with E-state index in [1.165, 1.54) is 35.1 Å². The second-order valence-electron chi connectivity index (χ2n) is 20.6. The van der Waals surface area contributed by atoms with Crippen LogP contribution < -0.4 is 30.9 Å². The molecule has 1 aliphatic carbocycles. The van der Waals surface area contributed by atoms with Crippen LogP contribution in [-0.4, -0.2) is 140 Å². The van der Waals surface area contributed by atoms with Crippen LogP contribution >= 0.6 is 22.7 Å². The van der Waals surface area contributed by atoms with Crippen molar-refractivity contribution >= 4 is 79.4 Å². The van der Waals surface area contributed by atoms with Crippen molar-refractivity contribution in [1.82, 2.24) is 45.4 Å². The number of ether oxygens (including phenoxy) is 2. The highest BCUT2D eigenvalue weighted by Gasteiger charge is 2.44. The van der Waals surface area contributed by atoms with Crippen molar-refractivity contribution in [2.75, 3.05) is 61.4 Å². The van der Waals surface area contributed by atoms with Gasteiger partial charge >= 0.3 is 6.09 Å². The van der Waals surface area contributed by atoms with Gasteiger partial charge in [-0.1, -0.05) is 68.9 Å². The molecule has 4 aromatic heterocycles. The molecule has 3 atom stereocenters. The summed E-state index contributed by atoms with van der Waals surface area (Å²) in [5, 5.41) is 22.7. The van der Waals surface area contributed by atoms with Gasteiger partial charge in [0.1, 0.15) is 18.2 Å². The zero-order valence-corrected chi connectivity index (χ0v) is 45.0. The predicted octanol–water partition coefficient (Wildman–Crippen LogP) is 6.72. The second-order valence-corrected chi connectivity index (χ2v) is 22.5. The number of likely N-dealkylation sites (tertiary alicyclic amines) is 1. The number of thiazole rings is 2. The third-order valence-corrected chi connectivity index (χ3v) is 15.7. The first-order valence-electron chi connectivity index (χ1n) is 25.6. The van der Waals surface area contributed by atoms with Gasteiger partial charge in [0.25, 0.3) is 5.91 Å². The third kappa shape index (κ3) is 13.4. The molecule has 2 aromatic carbocycles. The van der Waals surface area contributed by atoms with E-state index >= 15 is 0 Å². The summed E-state index contributed by atoms with van der Waals surface area (Å²) >= 11 is 2.95. The molecule has 5 N–H and O–H groups in total. The highest BCUT2D eigenvalue weighted by molar-refractivity contribution is 7.22. The maximum atomic E-state index is 14.1. The highest BCUT2D eigenvalue weighted by Crippen LogP contribution is 2.33. The summed E-state index contributed by atoms with van der Waals surface area (Å²) in [6.45, 7) is 11.6. The Balaban J connectivity index is 0.710. The van der Waals surface area contributed by atoms with Crippen molar-refractivity contribution in [3.63, 3.8) is 0 Å². The lowest BCUT2D eigenvalue weighted by Crippen LogP contribution is -2.58. The number of aliphatic hydroxyl groups is 1. The number of nitrogens with one attached hydrogen (secondary N) is 4. The number of hydrogen-bond acceptors (Lipinski definition) is 17. The molecule has 0 radical (unpaired) electrons. The van der Waals surface area contributed by atoms with E-state index in [4.69, 9.17) is 9.47 Å². The van der Waals surface area contributed by atoms with Crippen LogP contribution in [0.1, 0.15) is 76.2 Å². The van der Waals surface area contributed by atoms with Gasteiger partial charge in [0.2, 0.25) is 23.7 Å². The lowest BCUT2D eigenvalue weighted by molar-refractivity contribution is -0.144. The van der Waals surface area contributed by atoms with Gasteiger partial charge in [-0.2, -0.15) is 0 Å². The highest BCUT2D eigenvalue weighted by atomic mass is 32.1. The fraction of sp³-hybridized carbons (Fsp3) is 0.444. The van der Waals surface area contributed by atoms with Crippen LogP contribution in [0, 0.1) is 19.3 Å². The number of carbonyl (C=O) groups is 5. The van der Waals surface area contributed by atoms with Crippen LogP contribution in [0.3, 0.4) is 0 Å². The quantitative estimate of drug-likeness (QED) is 0.0676. The Kier molecular flexibility index (Phi) is 16.8. The number of aromatic nitrogens is 5. The lowest BCUT2D eigenvalue weighted by atomic mass is 9.85. The third-order valence-electron chi connectivity index (χ3n) is 13.8. The topological polar surface area (TPSA) is 246 Å². The zero-order chi connectivity index (χ0) is 53.5. The molecule has 0 spiro atoms. The monoisotopic (exact) mass is 1070 g/mol. The Hall–Kier alpha value is -7.14. The smallest absolute Gasteiger partial charge is 0.411 e. The largest absolute Gasteiger partial charge is 0.481 e. The SMILES string of the molecule is Cc1ncc(-c2ccc3nc(NC(=O)CN4CCN(c5ncc(OCC(=O)N[C@H](C(=O)N6C[C@H](O)C[C@H]6C(=O)NCc6ccc(-c7scnc7C)cc6)C(C)(C)C)cn5)CC4)sc3c2)cc1NC(=O)OC1CCCCC1. The van der Waals surface area contributed by atoms with Gasteiger partial charge in [0.05, 0.1) is 62.7 Å². The van der Waals surface area contributed by atoms with E-state index in [1.807, 2.05) is 93.6 Å². The molecule has 9 rings (SSSR count). The number of amides is 5. The number of hydrogen-bond donors (Lipinski definition) is 5. The molecule has 1 saturated carbocycles. The van der Waals surface area contributed by atoms with Gasteiger partial charge in [-0.15, -0.1) is 11.3 Å². The molecule has 6 aromatic rings. The van der Waals surface area contributed by atoms with Gasteiger partial charge in [-0.25, -0.2) is 24.7 Å². The normalized spacial score (nSPS) is 17.8. The molecule has 76 heavy (non-hydrogen) atoms. The van der Waals surface area contributed by atoms with Crippen LogP contribution in [0.4, 0.5) is 21.6 Å². The molecule has 2 aliphatic heterocycles. The van der Waals surface area contributed by atoms with Crippen molar-refractivity contribution in [3.05, 3.63) is 89.6 Å². The maximum Gasteiger partial charge on any atom is 0.411 e. The minimum absolute atomic E-state index is 0.0438. The number of anilines is 3. The molecular formula is C54H64N12O8S2. The molecule has 0 unspecified atom stereocenters. The van der Waals surface area contributed by atoms with Crippen LogP contribution in [0.15, 0.2) is 72.6 Å². The molecule has 5 amide bonds. The van der Waals surface area contributed by atoms with Gasteiger partial charge < -0.3 is 40.3 Å². The number of piperazine rings is 1. The predicted molar refractivity (Wildman–Crippen MR) is 291 cm³/mol. The van der Waals surface area contributed by atoms with Crippen molar-refractivity contribution in [2.45, 2.75) is 104 Å². The summed E-state index contributed by atoms with van der Waals surface area (Å²) in [7, 11) is 0. The minimum atomic E-state index is -1.02. The van der Waals surface area contributed by atoms with E-state index in [2.05, 4.69) is 51.1 Å². The number of aryl methyl sites for hydroxylation is 2. The average molecular weight is 1070 g/mol. The summed E-state index contributed by atoms with van der Waals surface area (Å²) in [4.78, 5) is 95.8. The number of fused-ring (bicyclic) bond motifs is 1. The van der Waals surface area contributed by atoms with E-state index in [0.717, 1.165) is 68.7 Å². The number of benzene rings is 2. The first-order chi connectivity index (χ1) is 36.5. The van der Waals surface area contributed by atoms with Crippen molar-refractivity contribution in [2.24, 2.45) is 5.41 Å². The van der Waals surface area contributed by atoms with Gasteiger partial charge in [0.15, 0.2) is 17.5 Å². The Morgan fingerprint density at radius 2 is 1.57 bits per heavy atom. The fourth-order valence-electron chi connectivity index (χ4n) is 9.60. The summed E-state index contributed by atoms with van der Waals surface area (Å²) in [6.07, 6.45) is 8.48. The van der Waals surface area contributed by atoms with E-state index in [1.54, 1.807) is 17.5 Å². The molecule has 20 nitrogen and oxygen atoms in total. The van der Waals surface area contributed by atoms with E-state index in [9.17, 15) is 29.1 Å². The Morgan fingerprint density at radius 1 is 0.829 bits per heavy atom. The number of pyridine rings is 1. The molecule has 2 saturated heterocycles. The van der Waals surface area contributed by atoms with E-state index < -0.39 is 54.0 Å². The number of carbonyl (C=O) groups excluding carboxylic acids is 5. The zero-order valence-electron chi connectivity index (χ0n) is 43.3. The summed E-state index contributed by atoms with van der Waals surface area (Å²) in [5.41, 5.74) is 7.68. The first-order valence-corrected chi connectivity index (χ1v) is 27.3. The molecule has 22 heteroatoms. The van der Waals surface area contributed by atoms with Crippen LogP contribution in [0.5, 0.6) is 5.75 Å². The average Bonchev–Trinajstić information content (AvgIpc) is 4.15. The van der Waals surface area contributed by atoms with Crippen LogP contribution in [0.25, 0.3) is 31.8 Å². The molecule has 6 heterocycles. The molecular weight excluding hydrogens is 1010 g/mol. The van der Waals surface area contributed by atoms with E-state index in [0.29, 0.717) is 48.6 Å². The van der Waals surface area contributed by atoms with Crippen molar-refractivity contribution < 1.29 is 38.6 Å². The van der Waals surface area contributed by atoms with Crippen molar-refractivity contribution in [3.8, 4) is 27.3 Å². The lowest BCUT2D eigenvalue weighted by Gasteiger charge is -2.35. The Bertz CT molecular complexity index is 3040. The number of rotatable bonds is 16. The van der Waals surface area contributed by atoms with Crippen LogP contribution in [0.2, 0.25) is 0 Å². The van der Waals surface area contributed by atoms with Crippen molar-refractivity contribution in [1.29, 1.82) is 0 Å². The Morgan fingerprint density at radius 3 is 2.28 bits per heavy atom.